The molecule has 1 fully saturated rings. The van der Waals surface area contributed by atoms with Crippen molar-refractivity contribution in [2.45, 2.75) is 51.5 Å². The summed E-state index contributed by atoms with van der Waals surface area (Å²) in [5, 5.41) is 11.4. The SMILES string of the molecule is CC(C)S(=O)(=O)N1CCN([C@@H](CNC(=O)OC(C)(C)C)C(=O)O)CC1. The number of nitrogens with zero attached hydrogens (tertiary/aromatic N) is 2. The van der Waals surface area contributed by atoms with Crippen LogP contribution >= 0.6 is 0 Å². The monoisotopic (exact) mass is 379 g/mol. The Bertz CT molecular complexity index is 577. The predicted molar refractivity (Wildman–Crippen MR) is 92.9 cm³/mol. The van der Waals surface area contributed by atoms with Gasteiger partial charge in [-0.1, -0.05) is 0 Å². The van der Waals surface area contributed by atoms with Crippen molar-refractivity contribution >= 4 is 22.1 Å². The summed E-state index contributed by atoms with van der Waals surface area (Å²) in [7, 11) is -3.35. The first-order chi connectivity index (χ1) is 11.3. The van der Waals surface area contributed by atoms with E-state index >= 15 is 0 Å². The summed E-state index contributed by atoms with van der Waals surface area (Å²) < 4.78 is 30.8. The fraction of sp³-hybridized carbons (Fsp3) is 0.867. The maximum absolute atomic E-state index is 12.2. The average Bonchev–Trinajstić information content (AvgIpc) is 2.45. The minimum Gasteiger partial charge on any atom is -0.480 e. The van der Waals surface area contributed by atoms with Gasteiger partial charge in [-0.15, -0.1) is 0 Å². The second-order valence-corrected chi connectivity index (χ2v) is 9.75. The smallest absolute Gasteiger partial charge is 0.407 e. The van der Waals surface area contributed by atoms with E-state index in [9.17, 15) is 23.1 Å². The van der Waals surface area contributed by atoms with E-state index in [1.54, 1.807) is 39.5 Å². The van der Waals surface area contributed by atoms with Crippen molar-refractivity contribution in [3.63, 3.8) is 0 Å². The number of alkyl carbamates (subject to hydrolysis) is 1. The van der Waals surface area contributed by atoms with Crippen LogP contribution in [0, 0.1) is 0 Å². The van der Waals surface area contributed by atoms with E-state index in [1.165, 1.54) is 4.31 Å². The molecule has 0 aliphatic carbocycles. The molecule has 0 saturated carbocycles. The maximum Gasteiger partial charge on any atom is 0.407 e. The molecule has 0 bridgehead atoms. The Hall–Kier alpha value is -1.39. The number of hydrogen-bond acceptors (Lipinski definition) is 6. The zero-order valence-electron chi connectivity index (χ0n) is 15.5. The summed E-state index contributed by atoms with van der Waals surface area (Å²) in [4.78, 5) is 24.9. The minimum atomic E-state index is -3.35. The molecule has 25 heavy (non-hydrogen) atoms. The first kappa shape index (κ1) is 21.7. The minimum absolute atomic E-state index is 0.110. The van der Waals surface area contributed by atoms with E-state index < -0.39 is 39.0 Å². The van der Waals surface area contributed by atoms with Gasteiger partial charge in [0.05, 0.1) is 5.25 Å². The standard InChI is InChI=1S/C15H29N3O6S/c1-11(2)25(22,23)18-8-6-17(7-9-18)12(13(19)20)10-16-14(21)24-15(3,4)5/h11-12H,6-10H2,1-5H3,(H,16,21)(H,19,20)/t12-/m0/s1. The fourth-order valence-corrected chi connectivity index (χ4v) is 3.70. The van der Waals surface area contributed by atoms with Crippen LogP contribution < -0.4 is 5.32 Å². The van der Waals surface area contributed by atoms with E-state index in [1.807, 2.05) is 0 Å². The lowest BCUT2D eigenvalue weighted by atomic mass is 10.2. The van der Waals surface area contributed by atoms with Crippen LogP contribution in [0.25, 0.3) is 0 Å². The summed E-state index contributed by atoms with van der Waals surface area (Å²) in [6.45, 7) is 9.33. The van der Waals surface area contributed by atoms with Crippen LogP contribution in [0.4, 0.5) is 4.79 Å². The number of carboxylic acid groups (broad SMARTS) is 1. The van der Waals surface area contributed by atoms with E-state index in [4.69, 9.17) is 4.74 Å². The van der Waals surface area contributed by atoms with Crippen molar-refractivity contribution in [2.75, 3.05) is 32.7 Å². The number of ether oxygens (including phenoxy) is 1. The van der Waals surface area contributed by atoms with Crippen LogP contribution in [0.15, 0.2) is 0 Å². The Labute approximate surface area is 149 Å². The Morgan fingerprint density at radius 3 is 2.08 bits per heavy atom. The Morgan fingerprint density at radius 1 is 1.16 bits per heavy atom. The van der Waals surface area contributed by atoms with Gasteiger partial charge in [-0.05, 0) is 34.6 Å². The van der Waals surface area contributed by atoms with Crippen molar-refractivity contribution in [3.05, 3.63) is 0 Å². The van der Waals surface area contributed by atoms with Crippen molar-refractivity contribution in [2.24, 2.45) is 0 Å². The molecule has 0 aromatic rings. The zero-order valence-corrected chi connectivity index (χ0v) is 16.3. The lowest BCUT2D eigenvalue weighted by Gasteiger charge is -2.37. The summed E-state index contributed by atoms with van der Waals surface area (Å²) in [5.74, 6) is -1.07. The molecule has 1 amide bonds. The van der Waals surface area contributed by atoms with Crippen molar-refractivity contribution in [3.8, 4) is 0 Å². The molecule has 9 nitrogen and oxygen atoms in total. The molecule has 1 rings (SSSR count). The van der Waals surface area contributed by atoms with E-state index in [0.29, 0.717) is 13.1 Å². The number of carboxylic acids is 1. The number of rotatable bonds is 6. The molecule has 0 aromatic carbocycles. The van der Waals surface area contributed by atoms with Crippen molar-refractivity contribution < 1.29 is 27.9 Å². The molecule has 1 saturated heterocycles. The summed E-state index contributed by atoms with van der Waals surface area (Å²) in [6.07, 6.45) is -0.681. The molecule has 1 aliphatic rings. The molecule has 1 atom stereocenters. The zero-order chi connectivity index (χ0) is 19.4. The van der Waals surface area contributed by atoms with Crippen LogP contribution in [0.3, 0.4) is 0 Å². The molecule has 2 N–H and O–H groups in total. The van der Waals surface area contributed by atoms with Crippen LogP contribution in [-0.4, -0.2) is 84.4 Å². The summed E-state index contributed by atoms with van der Waals surface area (Å²) in [5.41, 5.74) is -0.667. The van der Waals surface area contributed by atoms with Gasteiger partial charge in [0.2, 0.25) is 10.0 Å². The third kappa shape index (κ3) is 6.44. The highest BCUT2D eigenvalue weighted by Crippen LogP contribution is 2.14. The third-order valence-electron chi connectivity index (χ3n) is 3.79. The van der Waals surface area contributed by atoms with Gasteiger partial charge < -0.3 is 15.2 Å². The number of aliphatic carboxylic acids is 1. The van der Waals surface area contributed by atoms with E-state index in [2.05, 4.69) is 5.32 Å². The number of piperazine rings is 1. The normalized spacial score (nSPS) is 18.8. The highest BCUT2D eigenvalue weighted by molar-refractivity contribution is 7.89. The second kappa shape index (κ2) is 8.33. The van der Waals surface area contributed by atoms with Crippen molar-refractivity contribution in [1.82, 2.24) is 14.5 Å². The topological polar surface area (TPSA) is 116 Å². The number of amides is 1. The molecular formula is C15H29N3O6S. The molecule has 0 unspecified atom stereocenters. The fourth-order valence-electron chi connectivity index (χ4n) is 2.43. The van der Waals surface area contributed by atoms with E-state index in [0.717, 1.165) is 0 Å². The van der Waals surface area contributed by atoms with Gasteiger partial charge in [0.25, 0.3) is 0 Å². The van der Waals surface area contributed by atoms with Gasteiger partial charge in [0.15, 0.2) is 0 Å². The number of sulfonamides is 1. The van der Waals surface area contributed by atoms with E-state index in [-0.39, 0.29) is 19.6 Å². The molecule has 0 spiro atoms. The highest BCUT2D eigenvalue weighted by atomic mass is 32.2. The lowest BCUT2D eigenvalue weighted by Crippen LogP contribution is -2.57. The third-order valence-corrected chi connectivity index (χ3v) is 6.07. The number of hydrogen-bond donors (Lipinski definition) is 2. The number of carbonyl (C=O) groups excluding carboxylic acids is 1. The molecular weight excluding hydrogens is 350 g/mol. The first-order valence-electron chi connectivity index (χ1n) is 8.27. The molecule has 10 heteroatoms. The number of nitrogens with one attached hydrogen (secondary N) is 1. The van der Waals surface area contributed by atoms with Crippen molar-refractivity contribution in [1.29, 1.82) is 0 Å². The van der Waals surface area contributed by atoms with Crippen LogP contribution in [0.2, 0.25) is 0 Å². The number of carbonyl (C=O) groups is 2. The molecule has 1 heterocycles. The maximum atomic E-state index is 12.2. The Balaban J connectivity index is 2.62. The molecule has 0 radical (unpaired) electrons. The Morgan fingerprint density at radius 2 is 1.68 bits per heavy atom. The predicted octanol–water partition coefficient (Wildman–Crippen LogP) is 0.320. The first-order valence-corrected chi connectivity index (χ1v) is 9.77. The highest BCUT2D eigenvalue weighted by Gasteiger charge is 2.34. The quantitative estimate of drug-likeness (QED) is 0.683. The van der Waals surface area contributed by atoms with Gasteiger partial charge in [-0.25, -0.2) is 13.2 Å². The average molecular weight is 379 g/mol. The molecule has 1 aliphatic heterocycles. The van der Waals surface area contributed by atoms with Gasteiger partial charge in [0.1, 0.15) is 11.6 Å². The van der Waals surface area contributed by atoms with Gasteiger partial charge in [-0.3, -0.25) is 9.69 Å². The van der Waals surface area contributed by atoms with Crippen LogP contribution in [0.5, 0.6) is 0 Å². The largest absolute Gasteiger partial charge is 0.480 e. The summed E-state index contributed by atoms with van der Waals surface area (Å²) in [6, 6.07) is -0.934. The summed E-state index contributed by atoms with van der Waals surface area (Å²) >= 11 is 0. The second-order valence-electron chi connectivity index (χ2n) is 7.27. The lowest BCUT2D eigenvalue weighted by molar-refractivity contribution is -0.143. The van der Waals surface area contributed by atoms with Gasteiger partial charge in [0, 0.05) is 32.7 Å². The molecule has 146 valence electrons. The van der Waals surface area contributed by atoms with Crippen LogP contribution in [0.1, 0.15) is 34.6 Å². The Kier molecular flexibility index (Phi) is 7.21. The van der Waals surface area contributed by atoms with Gasteiger partial charge >= 0.3 is 12.1 Å². The van der Waals surface area contributed by atoms with Gasteiger partial charge in [-0.2, -0.15) is 4.31 Å². The molecule has 0 aromatic heterocycles. The van der Waals surface area contributed by atoms with Crippen LogP contribution in [-0.2, 0) is 19.6 Å².